The molecule has 3 heteroatoms. The largest absolute Gasteiger partial charge is 0.290 e. The van der Waals surface area contributed by atoms with E-state index in [4.69, 9.17) is 5.26 Å². The maximum Gasteiger partial charge on any atom is 0.0878 e. The molecule has 0 aromatic carbocycles. The molecule has 3 nitrogen and oxygen atoms in total. The molecule has 0 aromatic heterocycles. The molecule has 1 aliphatic rings. The van der Waals surface area contributed by atoms with Crippen molar-refractivity contribution in [2.24, 2.45) is 0 Å². The van der Waals surface area contributed by atoms with Gasteiger partial charge in [0.25, 0.3) is 0 Å². The fourth-order valence-corrected chi connectivity index (χ4v) is 1.24. The first-order valence-corrected chi connectivity index (χ1v) is 3.57. The van der Waals surface area contributed by atoms with Gasteiger partial charge < -0.3 is 0 Å². The van der Waals surface area contributed by atoms with Gasteiger partial charge in [0.2, 0.25) is 0 Å². The van der Waals surface area contributed by atoms with Gasteiger partial charge in [-0.05, 0) is 14.0 Å². The van der Waals surface area contributed by atoms with Crippen LogP contribution in [0.5, 0.6) is 0 Å². The molecule has 1 rings (SSSR count). The molecule has 0 spiro atoms. The van der Waals surface area contributed by atoms with Gasteiger partial charge in [-0.15, -0.1) is 0 Å². The van der Waals surface area contributed by atoms with Crippen LogP contribution in [-0.4, -0.2) is 42.6 Å². The standard InChI is InChI=1S/C7H13N3/c1-7-9(2)5-6-10(7)4-3-8/h7H,4-6H2,1-2H3. The minimum atomic E-state index is 0.444. The number of likely N-dealkylation sites (N-methyl/N-ethyl adjacent to an activating group) is 1. The Balaban J connectivity index is 2.43. The summed E-state index contributed by atoms with van der Waals surface area (Å²) in [6, 6.07) is 2.16. The highest BCUT2D eigenvalue weighted by Gasteiger charge is 2.23. The Hall–Kier alpha value is -0.590. The third-order valence-corrected chi connectivity index (χ3v) is 2.18. The van der Waals surface area contributed by atoms with Crippen LogP contribution in [0.25, 0.3) is 0 Å². The van der Waals surface area contributed by atoms with E-state index in [1.165, 1.54) is 0 Å². The first-order valence-electron chi connectivity index (χ1n) is 3.57. The van der Waals surface area contributed by atoms with Crippen LogP contribution in [0.15, 0.2) is 0 Å². The highest BCUT2D eigenvalue weighted by atomic mass is 15.4. The topological polar surface area (TPSA) is 30.3 Å². The molecular weight excluding hydrogens is 126 g/mol. The summed E-state index contributed by atoms with van der Waals surface area (Å²) in [5, 5.41) is 8.42. The molecule has 1 fully saturated rings. The van der Waals surface area contributed by atoms with Crippen molar-refractivity contribution in [3.63, 3.8) is 0 Å². The second-order valence-corrected chi connectivity index (χ2v) is 2.74. The molecule has 1 unspecified atom stereocenters. The Morgan fingerprint density at radius 1 is 1.60 bits per heavy atom. The lowest BCUT2D eigenvalue weighted by atomic mass is 10.5. The van der Waals surface area contributed by atoms with E-state index in [0.717, 1.165) is 13.1 Å². The molecule has 0 saturated carbocycles. The number of rotatable bonds is 1. The second kappa shape index (κ2) is 3.00. The van der Waals surface area contributed by atoms with E-state index in [2.05, 4.69) is 29.8 Å². The van der Waals surface area contributed by atoms with E-state index in [9.17, 15) is 0 Å². The number of nitrogens with zero attached hydrogens (tertiary/aromatic N) is 3. The molecule has 0 N–H and O–H groups in total. The molecule has 10 heavy (non-hydrogen) atoms. The SMILES string of the molecule is CC1N(C)CCN1CC#N. The van der Waals surface area contributed by atoms with Gasteiger partial charge in [0.05, 0.1) is 18.8 Å². The summed E-state index contributed by atoms with van der Waals surface area (Å²) < 4.78 is 0. The van der Waals surface area contributed by atoms with Crippen LogP contribution in [0.1, 0.15) is 6.92 Å². The summed E-state index contributed by atoms with van der Waals surface area (Å²) in [6.45, 7) is 4.81. The molecular formula is C7H13N3. The van der Waals surface area contributed by atoms with Crippen molar-refractivity contribution in [3.8, 4) is 6.07 Å². The quantitative estimate of drug-likeness (QED) is 0.483. The van der Waals surface area contributed by atoms with E-state index in [-0.39, 0.29) is 0 Å². The average Bonchev–Trinajstić information content (AvgIpc) is 2.20. The predicted molar refractivity (Wildman–Crippen MR) is 39.3 cm³/mol. The van der Waals surface area contributed by atoms with Gasteiger partial charge >= 0.3 is 0 Å². The molecule has 1 atom stereocenters. The van der Waals surface area contributed by atoms with Crippen molar-refractivity contribution in [1.82, 2.24) is 9.80 Å². The van der Waals surface area contributed by atoms with Crippen LogP contribution in [0, 0.1) is 11.3 Å². The van der Waals surface area contributed by atoms with E-state index < -0.39 is 0 Å². The van der Waals surface area contributed by atoms with Crippen molar-refractivity contribution in [2.45, 2.75) is 13.1 Å². The first kappa shape index (κ1) is 7.52. The van der Waals surface area contributed by atoms with Gasteiger partial charge in [0.15, 0.2) is 0 Å². The molecule has 0 amide bonds. The monoisotopic (exact) mass is 139 g/mol. The summed E-state index contributed by atoms with van der Waals surface area (Å²) in [4.78, 5) is 4.41. The van der Waals surface area contributed by atoms with Crippen LogP contribution in [0.2, 0.25) is 0 Å². The van der Waals surface area contributed by atoms with Crippen molar-refractivity contribution in [3.05, 3.63) is 0 Å². The second-order valence-electron chi connectivity index (χ2n) is 2.74. The smallest absolute Gasteiger partial charge is 0.0878 e. The zero-order valence-electron chi connectivity index (χ0n) is 6.54. The Morgan fingerprint density at radius 2 is 2.30 bits per heavy atom. The zero-order valence-corrected chi connectivity index (χ0v) is 6.54. The summed E-state index contributed by atoms with van der Waals surface area (Å²) in [5.41, 5.74) is 0. The van der Waals surface area contributed by atoms with E-state index >= 15 is 0 Å². The van der Waals surface area contributed by atoms with Gasteiger partial charge in [-0.1, -0.05) is 0 Å². The van der Waals surface area contributed by atoms with Crippen LogP contribution >= 0.6 is 0 Å². The van der Waals surface area contributed by atoms with E-state index in [1.54, 1.807) is 0 Å². The van der Waals surface area contributed by atoms with Crippen LogP contribution < -0.4 is 0 Å². The Morgan fingerprint density at radius 3 is 2.70 bits per heavy atom. The lowest BCUT2D eigenvalue weighted by Crippen LogP contribution is -2.33. The molecule has 56 valence electrons. The Bertz CT molecular complexity index is 149. The third kappa shape index (κ3) is 1.28. The van der Waals surface area contributed by atoms with Crippen LogP contribution in [-0.2, 0) is 0 Å². The highest BCUT2D eigenvalue weighted by molar-refractivity contribution is 4.84. The van der Waals surface area contributed by atoms with Gasteiger partial charge in [-0.25, -0.2) is 0 Å². The fraction of sp³-hybridized carbons (Fsp3) is 0.857. The molecule has 1 saturated heterocycles. The van der Waals surface area contributed by atoms with Gasteiger partial charge in [0, 0.05) is 13.1 Å². The van der Waals surface area contributed by atoms with Gasteiger partial charge in [-0.3, -0.25) is 9.80 Å². The van der Waals surface area contributed by atoms with Crippen LogP contribution in [0.4, 0.5) is 0 Å². The number of hydrogen-bond donors (Lipinski definition) is 0. The van der Waals surface area contributed by atoms with E-state index in [0.29, 0.717) is 12.7 Å². The normalized spacial score (nSPS) is 28.7. The molecule has 0 radical (unpaired) electrons. The highest BCUT2D eigenvalue weighted by Crippen LogP contribution is 2.09. The van der Waals surface area contributed by atoms with Crippen molar-refractivity contribution in [1.29, 1.82) is 5.26 Å². The molecule has 0 aromatic rings. The average molecular weight is 139 g/mol. The van der Waals surface area contributed by atoms with Gasteiger partial charge in [0.1, 0.15) is 0 Å². The molecule has 0 bridgehead atoms. The fourth-order valence-electron chi connectivity index (χ4n) is 1.24. The Labute approximate surface area is 61.8 Å². The van der Waals surface area contributed by atoms with Gasteiger partial charge in [-0.2, -0.15) is 5.26 Å². The summed E-state index contributed by atoms with van der Waals surface area (Å²) in [7, 11) is 2.09. The maximum atomic E-state index is 8.42. The molecule has 1 aliphatic heterocycles. The number of nitriles is 1. The summed E-state index contributed by atoms with van der Waals surface area (Å²) in [6.07, 6.45) is 0.444. The summed E-state index contributed by atoms with van der Waals surface area (Å²) >= 11 is 0. The minimum Gasteiger partial charge on any atom is -0.290 e. The van der Waals surface area contributed by atoms with E-state index in [1.807, 2.05) is 0 Å². The lowest BCUT2D eigenvalue weighted by Gasteiger charge is -2.20. The number of hydrogen-bond acceptors (Lipinski definition) is 3. The third-order valence-electron chi connectivity index (χ3n) is 2.18. The lowest BCUT2D eigenvalue weighted by molar-refractivity contribution is 0.193. The van der Waals surface area contributed by atoms with Crippen LogP contribution in [0.3, 0.4) is 0 Å². The summed E-state index contributed by atoms with van der Waals surface area (Å²) in [5.74, 6) is 0. The Kier molecular flexibility index (Phi) is 2.25. The molecule has 0 aliphatic carbocycles. The van der Waals surface area contributed by atoms with Crippen molar-refractivity contribution >= 4 is 0 Å². The molecule has 1 heterocycles. The van der Waals surface area contributed by atoms with Crippen molar-refractivity contribution < 1.29 is 0 Å². The maximum absolute atomic E-state index is 8.42. The first-order chi connectivity index (χ1) is 4.75. The predicted octanol–water partition coefficient (Wildman–Crippen LogP) is 0.103. The minimum absolute atomic E-state index is 0.444. The zero-order chi connectivity index (χ0) is 7.56. The van der Waals surface area contributed by atoms with Crippen molar-refractivity contribution in [2.75, 3.05) is 26.7 Å².